The first-order chi connectivity index (χ1) is 9.72. The molecule has 1 amide bonds. The van der Waals surface area contributed by atoms with Crippen LogP contribution in [-0.2, 0) is 4.79 Å². The first-order valence-corrected chi connectivity index (χ1v) is 7.39. The number of amides is 1. The first-order valence-electron chi connectivity index (χ1n) is 7.39. The molecule has 4 heteroatoms. The fourth-order valence-corrected chi connectivity index (χ4v) is 2.73. The highest BCUT2D eigenvalue weighted by atomic mass is 19.1. The molecular formula is C16H20FNO2. The zero-order valence-corrected chi connectivity index (χ0v) is 11.6. The number of halogens is 1. The zero-order valence-electron chi connectivity index (χ0n) is 11.6. The molecule has 1 saturated carbocycles. The highest BCUT2D eigenvalue weighted by Crippen LogP contribution is 2.32. The standard InChI is InChI=1S/C16H20FNO2/c17-14-5-7-15(8-6-14)20-11-12-2-1-9-18(10-12)16(19)13-3-4-13/h5-8,12-13H,1-4,9-11H2. The van der Waals surface area contributed by atoms with E-state index in [9.17, 15) is 9.18 Å². The van der Waals surface area contributed by atoms with Crippen molar-refractivity contribution in [3.05, 3.63) is 30.1 Å². The molecule has 0 spiro atoms. The van der Waals surface area contributed by atoms with Crippen LogP contribution in [0.5, 0.6) is 5.75 Å². The molecule has 1 heterocycles. The van der Waals surface area contributed by atoms with E-state index in [1.54, 1.807) is 12.1 Å². The molecule has 0 bridgehead atoms. The fraction of sp³-hybridized carbons (Fsp3) is 0.562. The molecule has 0 N–H and O–H groups in total. The molecule has 108 valence electrons. The Morgan fingerprint density at radius 3 is 2.70 bits per heavy atom. The lowest BCUT2D eigenvalue weighted by atomic mass is 9.98. The van der Waals surface area contributed by atoms with E-state index in [2.05, 4.69) is 0 Å². The summed E-state index contributed by atoms with van der Waals surface area (Å²) in [4.78, 5) is 14.1. The molecule has 0 aromatic heterocycles. The number of carbonyl (C=O) groups excluding carboxylic acids is 1. The van der Waals surface area contributed by atoms with Gasteiger partial charge in [-0.05, 0) is 49.9 Å². The lowest BCUT2D eigenvalue weighted by Gasteiger charge is -2.32. The van der Waals surface area contributed by atoms with E-state index in [0.717, 1.165) is 38.8 Å². The van der Waals surface area contributed by atoms with E-state index >= 15 is 0 Å². The number of likely N-dealkylation sites (tertiary alicyclic amines) is 1. The van der Waals surface area contributed by atoms with E-state index in [-0.39, 0.29) is 5.82 Å². The molecule has 2 fully saturated rings. The Hall–Kier alpha value is -1.58. The van der Waals surface area contributed by atoms with Crippen LogP contribution in [-0.4, -0.2) is 30.5 Å². The molecule has 1 saturated heterocycles. The van der Waals surface area contributed by atoms with Crippen molar-refractivity contribution in [3.8, 4) is 5.75 Å². The van der Waals surface area contributed by atoms with E-state index in [4.69, 9.17) is 4.74 Å². The highest BCUT2D eigenvalue weighted by molar-refractivity contribution is 5.81. The summed E-state index contributed by atoms with van der Waals surface area (Å²) in [6.07, 6.45) is 4.27. The number of hydrogen-bond donors (Lipinski definition) is 0. The van der Waals surface area contributed by atoms with Crippen LogP contribution >= 0.6 is 0 Å². The van der Waals surface area contributed by atoms with Crippen LogP contribution in [0.15, 0.2) is 24.3 Å². The number of rotatable bonds is 4. The highest BCUT2D eigenvalue weighted by Gasteiger charge is 2.35. The summed E-state index contributed by atoms with van der Waals surface area (Å²) in [5, 5.41) is 0. The Balaban J connectivity index is 1.49. The van der Waals surface area contributed by atoms with Crippen molar-refractivity contribution in [3.63, 3.8) is 0 Å². The second kappa shape index (κ2) is 5.81. The number of ether oxygens (including phenoxy) is 1. The normalized spacial score (nSPS) is 22.6. The summed E-state index contributed by atoms with van der Waals surface area (Å²) in [5.41, 5.74) is 0. The Labute approximate surface area is 118 Å². The summed E-state index contributed by atoms with van der Waals surface area (Å²) in [7, 11) is 0. The summed E-state index contributed by atoms with van der Waals surface area (Å²) >= 11 is 0. The van der Waals surface area contributed by atoms with Crippen LogP contribution in [0.2, 0.25) is 0 Å². The SMILES string of the molecule is O=C(C1CC1)N1CCCC(COc2ccc(F)cc2)C1. The average molecular weight is 277 g/mol. The van der Waals surface area contributed by atoms with Crippen LogP contribution in [0.1, 0.15) is 25.7 Å². The molecular weight excluding hydrogens is 257 g/mol. The Bertz CT molecular complexity index is 470. The van der Waals surface area contributed by atoms with Gasteiger partial charge in [0.25, 0.3) is 0 Å². The summed E-state index contributed by atoms with van der Waals surface area (Å²) in [6.45, 7) is 2.29. The summed E-state index contributed by atoms with van der Waals surface area (Å²) in [5.74, 6) is 1.45. The van der Waals surface area contributed by atoms with Gasteiger partial charge in [0.2, 0.25) is 5.91 Å². The van der Waals surface area contributed by atoms with Crippen LogP contribution in [0, 0.1) is 17.7 Å². The van der Waals surface area contributed by atoms with Gasteiger partial charge in [-0.1, -0.05) is 0 Å². The molecule has 1 unspecified atom stereocenters. The van der Waals surface area contributed by atoms with Gasteiger partial charge in [0, 0.05) is 24.9 Å². The third-order valence-electron chi connectivity index (χ3n) is 4.06. The molecule has 0 radical (unpaired) electrons. The minimum atomic E-state index is -0.253. The van der Waals surface area contributed by atoms with Gasteiger partial charge in [0.15, 0.2) is 0 Å². The molecule has 1 aliphatic heterocycles. The zero-order chi connectivity index (χ0) is 13.9. The monoisotopic (exact) mass is 277 g/mol. The molecule has 20 heavy (non-hydrogen) atoms. The molecule has 3 rings (SSSR count). The molecule has 1 aromatic carbocycles. The first kappa shape index (κ1) is 13.4. The van der Waals surface area contributed by atoms with Crippen molar-refractivity contribution >= 4 is 5.91 Å². The van der Waals surface area contributed by atoms with Crippen LogP contribution in [0.4, 0.5) is 4.39 Å². The topological polar surface area (TPSA) is 29.5 Å². The average Bonchev–Trinajstić information content (AvgIpc) is 3.31. The number of piperidine rings is 1. The van der Waals surface area contributed by atoms with Gasteiger partial charge < -0.3 is 9.64 Å². The Kier molecular flexibility index (Phi) is 3.90. The van der Waals surface area contributed by atoms with Crippen molar-refractivity contribution in [2.24, 2.45) is 11.8 Å². The summed E-state index contributed by atoms with van der Waals surface area (Å²) in [6, 6.07) is 6.09. The van der Waals surface area contributed by atoms with Crippen molar-refractivity contribution in [1.29, 1.82) is 0 Å². The van der Waals surface area contributed by atoms with Crippen molar-refractivity contribution in [2.45, 2.75) is 25.7 Å². The van der Waals surface area contributed by atoms with Gasteiger partial charge in [0.05, 0.1) is 6.61 Å². The number of carbonyl (C=O) groups is 1. The van der Waals surface area contributed by atoms with Gasteiger partial charge in [-0.3, -0.25) is 4.79 Å². The van der Waals surface area contributed by atoms with Crippen molar-refractivity contribution in [2.75, 3.05) is 19.7 Å². The van der Waals surface area contributed by atoms with E-state index < -0.39 is 0 Å². The Morgan fingerprint density at radius 2 is 2.00 bits per heavy atom. The number of hydrogen-bond acceptors (Lipinski definition) is 2. The molecule has 2 aliphatic rings. The van der Waals surface area contributed by atoms with Gasteiger partial charge >= 0.3 is 0 Å². The van der Waals surface area contributed by atoms with Crippen LogP contribution in [0.3, 0.4) is 0 Å². The van der Waals surface area contributed by atoms with E-state index in [1.807, 2.05) is 4.90 Å². The van der Waals surface area contributed by atoms with Gasteiger partial charge in [-0.2, -0.15) is 0 Å². The minimum Gasteiger partial charge on any atom is -0.493 e. The Morgan fingerprint density at radius 1 is 1.25 bits per heavy atom. The quantitative estimate of drug-likeness (QED) is 0.847. The number of benzene rings is 1. The second-order valence-corrected chi connectivity index (χ2v) is 5.83. The minimum absolute atomic E-state index is 0.253. The smallest absolute Gasteiger partial charge is 0.225 e. The lowest BCUT2D eigenvalue weighted by molar-refractivity contribution is -0.134. The van der Waals surface area contributed by atoms with Crippen molar-refractivity contribution in [1.82, 2.24) is 4.90 Å². The second-order valence-electron chi connectivity index (χ2n) is 5.83. The molecule has 3 nitrogen and oxygen atoms in total. The van der Waals surface area contributed by atoms with Gasteiger partial charge in [-0.15, -0.1) is 0 Å². The largest absolute Gasteiger partial charge is 0.493 e. The molecule has 1 atom stereocenters. The third kappa shape index (κ3) is 3.30. The fourth-order valence-electron chi connectivity index (χ4n) is 2.73. The molecule has 1 aromatic rings. The predicted octanol–water partition coefficient (Wildman–Crippen LogP) is 2.85. The maximum atomic E-state index is 12.8. The van der Waals surface area contributed by atoms with E-state index in [1.165, 1.54) is 12.1 Å². The third-order valence-corrected chi connectivity index (χ3v) is 4.06. The number of nitrogens with zero attached hydrogens (tertiary/aromatic N) is 1. The lowest BCUT2D eigenvalue weighted by Crippen LogP contribution is -2.42. The van der Waals surface area contributed by atoms with E-state index in [0.29, 0.717) is 30.1 Å². The maximum Gasteiger partial charge on any atom is 0.225 e. The maximum absolute atomic E-state index is 12.8. The van der Waals surface area contributed by atoms with Crippen LogP contribution in [0.25, 0.3) is 0 Å². The van der Waals surface area contributed by atoms with Gasteiger partial charge in [0.1, 0.15) is 11.6 Å². The van der Waals surface area contributed by atoms with Crippen molar-refractivity contribution < 1.29 is 13.9 Å². The molecule has 1 aliphatic carbocycles. The summed E-state index contributed by atoms with van der Waals surface area (Å²) < 4.78 is 18.5. The predicted molar refractivity (Wildman–Crippen MR) is 73.9 cm³/mol. The van der Waals surface area contributed by atoms with Crippen LogP contribution < -0.4 is 4.74 Å². The van der Waals surface area contributed by atoms with Gasteiger partial charge in [-0.25, -0.2) is 4.39 Å².